The van der Waals surface area contributed by atoms with Gasteiger partial charge in [-0.3, -0.25) is 0 Å². The molecule has 0 fully saturated rings. The molecule has 2 aromatic rings. The van der Waals surface area contributed by atoms with Gasteiger partial charge in [0.05, 0.1) is 0 Å². The van der Waals surface area contributed by atoms with E-state index >= 15 is 0 Å². The second kappa shape index (κ2) is 5.83. The molecule has 0 aliphatic heterocycles. The summed E-state index contributed by atoms with van der Waals surface area (Å²) in [6.45, 7) is 6.18. The second-order valence-electron chi connectivity index (χ2n) is 5.08. The summed E-state index contributed by atoms with van der Waals surface area (Å²) >= 11 is 5.95. The van der Waals surface area contributed by atoms with Gasteiger partial charge < -0.3 is 16.2 Å². The van der Waals surface area contributed by atoms with Crippen molar-refractivity contribution in [2.45, 2.75) is 27.0 Å². The van der Waals surface area contributed by atoms with Gasteiger partial charge in [0.15, 0.2) is 0 Å². The summed E-state index contributed by atoms with van der Waals surface area (Å²) in [6, 6.07) is 9.50. The molecule has 20 heavy (non-hydrogen) atoms. The van der Waals surface area contributed by atoms with E-state index in [9.17, 15) is 5.11 Å². The molecular formula is C16H19ClN2O. The van der Waals surface area contributed by atoms with Crippen LogP contribution in [0, 0.1) is 20.8 Å². The van der Waals surface area contributed by atoms with E-state index in [1.165, 1.54) is 5.56 Å². The maximum absolute atomic E-state index is 9.67. The lowest BCUT2D eigenvalue weighted by Gasteiger charge is -2.18. The molecule has 1 atom stereocenters. The van der Waals surface area contributed by atoms with Crippen LogP contribution in [-0.4, -0.2) is 5.11 Å². The Morgan fingerprint density at radius 3 is 2.25 bits per heavy atom. The zero-order chi connectivity index (χ0) is 14.9. The summed E-state index contributed by atoms with van der Waals surface area (Å²) in [4.78, 5) is 0. The molecule has 4 N–H and O–H groups in total. The largest absolute Gasteiger partial charge is 0.374 e. The Morgan fingerprint density at radius 1 is 1.10 bits per heavy atom. The Hall–Kier alpha value is -1.55. The van der Waals surface area contributed by atoms with Gasteiger partial charge in [-0.25, -0.2) is 0 Å². The van der Waals surface area contributed by atoms with Crippen molar-refractivity contribution in [2.24, 2.45) is 5.73 Å². The van der Waals surface area contributed by atoms with Crippen molar-refractivity contribution in [3.05, 3.63) is 57.6 Å². The Balaban J connectivity index is 2.45. The minimum absolute atomic E-state index is 0.549. The fourth-order valence-electron chi connectivity index (χ4n) is 2.40. The zero-order valence-corrected chi connectivity index (χ0v) is 12.6. The third kappa shape index (κ3) is 3.12. The number of halogens is 1. The maximum atomic E-state index is 9.67. The van der Waals surface area contributed by atoms with E-state index < -0.39 is 6.23 Å². The fourth-order valence-corrected chi connectivity index (χ4v) is 2.58. The summed E-state index contributed by atoms with van der Waals surface area (Å²) in [5.74, 6) is 0. The molecule has 0 aromatic heterocycles. The molecule has 0 spiro atoms. The minimum Gasteiger partial charge on any atom is -0.374 e. The molecule has 2 rings (SSSR count). The first-order valence-corrected chi connectivity index (χ1v) is 6.84. The van der Waals surface area contributed by atoms with Crippen LogP contribution in [0.5, 0.6) is 0 Å². The van der Waals surface area contributed by atoms with Gasteiger partial charge in [-0.15, -0.1) is 0 Å². The zero-order valence-electron chi connectivity index (χ0n) is 11.9. The Bertz CT molecular complexity index is 615. The van der Waals surface area contributed by atoms with E-state index in [1.54, 1.807) is 12.1 Å². The van der Waals surface area contributed by atoms with Crippen LogP contribution < -0.4 is 11.1 Å². The van der Waals surface area contributed by atoms with Crippen LogP contribution >= 0.6 is 11.6 Å². The molecule has 3 nitrogen and oxygen atoms in total. The van der Waals surface area contributed by atoms with Gasteiger partial charge in [0.2, 0.25) is 0 Å². The highest BCUT2D eigenvalue weighted by atomic mass is 35.5. The van der Waals surface area contributed by atoms with Crippen LogP contribution in [0.15, 0.2) is 30.3 Å². The van der Waals surface area contributed by atoms with E-state index in [-0.39, 0.29) is 0 Å². The molecule has 4 heteroatoms. The number of nitrogens with two attached hydrogens (primary N) is 1. The van der Waals surface area contributed by atoms with Crippen LogP contribution in [0.1, 0.15) is 28.5 Å². The van der Waals surface area contributed by atoms with Crippen LogP contribution in [0.2, 0.25) is 5.02 Å². The van der Waals surface area contributed by atoms with Gasteiger partial charge in [0, 0.05) is 22.0 Å². The SMILES string of the molecule is Cc1cc(C)c(Nc2ccc(Cl)cc2C(N)O)c(C)c1. The molecule has 0 amide bonds. The summed E-state index contributed by atoms with van der Waals surface area (Å²) in [7, 11) is 0. The smallest absolute Gasteiger partial charge is 0.130 e. The number of rotatable bonds is 3. The van der Waals surface area contributed by atoms with Gasteiger partial charge in [0.1, 0.15) is 6.23 Å². The van der Waals surface area contributed by atoms with Crippen LogP contribution in [0.3, 0.4) is 0 Å². The average molecular weight is 291 g/mol. The molecule has 1 unspecified atom stereocenters. The van der Waals surface area contributed by atoms with Gasteiger partial charge >= 0.3 is 0 Å². The van der Waals surface area contributed by atoms with Crippen LogP contribution in [0.25, 0.3) is 0 Å². The number of aryl methyl sites for hydroxylation is 3. The van der Waals surface area contributed by atoms with E-state index in [4.69, 9.17) is 17.3 Å². The highest BCUT2D eigenvalue weighted by Gasteiger charge is 2.11. The Kier molecular flexibility index (Phi) is 4.33. The number of aliphatic hydroxyl groups excluding tert-OH is 1. The topological polar surface area (TPSA) is 58.3 Å². The predicted molar refractivity (Wildman–Crippen MR) is 84.5 cm³/mol. The molecule has 0 saturated heterocycles. The molecule has 2 aromatic carbocycles. The molecular weight excluding hydrogens is 272 g/mol. The van der Waals surface area contributed by atoms with Crippen molar-refractivity contribution in [3.63, 3.8) is 0 Å². The van der Waals surface area contributed by atoms with Crippen molar-refractivity contribution >= 4 is 23.0 Å². The standard InChI is InChI=1S/C16H19ClN2O/c1-9-6-10(2)15(11(3)7-9)19-14-5-4-12(17)8-13(14)16(18)20/h4-8,16,19-20H,18H2,1-3H3. The van der Waals surface area contributed by atoms with Crippen molar-refractivity contribution in [1.82, 2.24) is 0 Å². The number of hydrogen-bond donors (Lipinski definition) is 3. The van der Waals surface area contributed by atoms with E-state index in [2.05, 4.69) is 38.2 Å². The first kappa shape index (κ1) is 14.9. The van der Waals surface area contributed by atoms with Gasteiger partial charge in [0.25, 0.3) is 0 Å². The second-order valence-corrected chi connectivity index (χ2v) is 5.51. The summed E-state index contributed by atoms with van der Waals surface area (Å²) in [5, 5.41) is 13.6. The average Bonchev–Trinajstić information content (AvgIpc) is 2.34. The molecule has 0 aliphatic carbocycles. The molecule has 0 bridgehead atoms. The number of hydrogen-bond acceptors (Lipinski definition) is 3. The first-order valence-electron chi connectivity index (χ1n) is 6.46. The third-order valence-electron chi connectivity index (χ3n) is 3.27. The molecule has 106 valence electrons. The van der Waals surface area contributed by atoms with Crippen molar-refractivity contribution in [2.75, 3.05) is 5.32 Å². The quantitative estimate of drug-likeness (QED) is 0.750. The predicted octanol–water partition coefficient (Wildman–Crippen LogP) is 3.96. The minimum atomic E-state index is -1.07. The van der Waals surface area contributed by atoms with Gasteiger partial charge in [-0.05, 0) is 50.1 Å². The van der Waals surface area contributed by atoms with E-state index in [0.29, 0.717) is 10.6 Å². The van der Waals surface area contributed by atoms with Crippen molar-refractivity contribution in [3.8, 4) is 0 Å². The molecule has 0 aliphatic rings. The van der Waals surface area contributed by atoms with Gasteiger partial charge in [-0.2, -0.15) is 0 Å². The lowest BCUT2D eigenvalue weighted by Crippen LogP contribution is -2.11. The molecule has 0 saturated carbocycles. The normalized spacial score (nSPS) is 12.3. The van der Waals surface area contributed by atoms with E-state index in [1.807, 2.05) is 6.07 Å². The highest BCUT2D eigenvalue weighted by Crippen LogP contribution is 2.30. The van der Waals surface area contributed by atoms with Crippen LogP contribution in [0.4, 0.5) is 11.4 Å². The number of nitrogens with one attached hydrogen (secondary N) is 1. The van der Waals surface area contributed by atoms with Crippen molar-refractivity contribution < 1.29 is 5.11 Å². The number of anilines is 2. The molecule has 0 radical (unpaired) electrons. The lowest BCUT2D eigenvalue weighted by atomic mass is 10.0. The summed E-state index contributed by atoms with van der Waals surface area (Å²) < 4.78 is 0. The Labute approximate surface area is 124 Å². The number of aliphatic hydroxyl groups is 1. The summed E-state index contributed by atoms with van der Waals surface area (Å²) in [6.07, 6.45) is -1.07. The van der Waals surface area contributed by atoms with Crippen molar-refractivity contribution in [1.29, 1.82) is 0 Å². The fraction of sp³-hybridized carbons (Fsp3) is 0.250. The third-order valence-corrected chi connectivity index (χ3v) is 3.50. The van der Waals surface area contributed by atoms with Crippen LogP contribution in [-0.2, 0) is 0 Å². The highest BCUT2D eigenvalue weighted by molar-refractivity contribution is 6.30. The number of benzene rings is 2. The maximum Gasteiger partial charge on any atom is 0.130 e. The summed E-state index contributed by atoms with van der Waals surface area (Å²) in [5.41, 5.74) is 11.5. The Morgan fingerprint density at radius 2 is 1.70 bits per heavy atom. The molecule has 0 heterocycles. The van der Waals surface area contributed by atoms with E-state index in [0.717, 1.165) is 22.5 Å². The first-order chi connectivity index (χ1) is 9.38. The van der Waals surface area contributed by atoms with Gasteiger partial charge in [-0.1, -0.05) is 29.3 Å². The lowest BCUT2D eigenvalue weighted by molar-refractivity contribution is 0.187. The monoisotopic (exact) mass is 290 g/mol.